The molecular formula is C17H19NO4. The van der Waals surface area contributed by atoms with E-state index < -0.39 is 5.97 Å². The van der Waals surface area contributed by atoms with E-state index in [2.05, 4.69) is 10.2 Å². The average molecular weight is 301 g/mol. The van der Waals surface area contributed by atoms with Gasteiger partial charge in [-0.1, -0.05) is 48.5 Å². The molecule has 2 rings (SSSR count). The first kappa shape index (κ1) is 17.4. The number of nitrogens with one attached hydrogen (secondary N) is 1. The van der Waals surface area contributed by atoms with E-state index in [0.717, 1.165) is 5.56 Å². The van der Waals surface area contributed by atoms with Gasteiger partial charge in [0.2, 0.25) is 0 Å². The highest BCUT2D eigenvalue weighted by atomic mass is 17.1. The van der Waals surface area contributed by atoms with Crippen molar-refractivity contribution >= 4 is 11.9 Å². The van der Waals surface area contributed by atoms with Crippen LogP contribution in [0.5, 0.6) is 0 Å². The monoisotopic (exact) mass is 301 g/mol. The van der Waals surface area contributed by atoms with Crippen molar-refractivity contribution in [3.8, 4) is 0 Å². The molecule has 0 aliphatic rings. The lowest BCUT2D eigenvalue weighted by molar-refractivity contribution is -0.234. The van der Waals surface area contributed by atoms with Gasteiger partial charge in [-0.2, -0.15) is 5.26 Å². The summed E-state index contributed by atoms with van der Waals surface area (Å²) >= 11 is 0. The molecule has 0 saturated carbocycles. The number of hydrogen-bond acceptors (Lipinski definition) is 4. The third-order valence-corrected chi connectivity index (χ3v) is 2.83. The van der Waals surface area contributed by atoms with Crippen molar-refractivity contribution in [2.24, 2.45) is 0 Å². The molecule has 0 aliphatic carbocycles. The van der Waals surface area contributed by atoms with Crippen LogP contribution in [0.1, 0.15) is 22.3 Å². The van der Waals surface area contributed by atoms with E-state index in [1.807, 2.05) is 48.5 Å². The third-order valence-electron chi connectivity index (χ3n) is 2.83. The topological polar surface area (TPSA) is 75.6 Å². The Kier molecular flexibility index (Phi) is 8.00. The standard InChI is InChI=1S/C9H10O3.C8H9NO/c10-9(12-11)7-6-8-4-2-1-3-5-8;1-9-8(10)7-5-3-2-4-6-7/h1-5,11H,6-7H2;2-6H,1H3,(H,9,10). The number of aryl methyl sites for hydroxylation is 1. The van der Waals surface area contributed by atoms with Gasteiger partial charge in [-0.05, 0) is 24.1 Å². The quantitative estimate of drug-likeness (QED) is 0.672. The SMILES string of the molecule is CNC(=O)c1ccccc1.O=C(CCc1ccccc1)OO. The Balaban J connectivity index is 0.000000224. The van der Waals surface area contributed by atoms with Crippen LogP contribution in [0.3, 0.4) is 0 Å². The van der Waals surface area contributed by atoms with Crippen LogP contribution in [0.2, 0.25) is 0 Å². The second kappa shape index (κ2) is 10.1. The lowest BCUT2D eigenvalue weighted by Gasteiger charge is -1.97. The van der Waals surface area contributed by atoms with E-state index in [9.17, 15) is 9.59 Å². The number of hydrogen-bond donors (Lipinski definition) is 2. The Hall–Kier alpha value is -2.66. The fraction of sp³-hybridized carbons (Fsp3) is 0.176. The van der Waals surface area contributed by atoms with Crippen molar-refractivity contribution in [1.82, 2.24) is 5.32 Å². The number of amides is 1. The van der Waals surface area contributed by atoms with Crippen molar-refractivity contribution in [2.75, 3.05) is 7.05 Å². The molecule has 0 atom stereocenters. The summed E-state index contributed by atoms with van der Waals surface area (Å²) in [5, 5.41) is 10.5. The predicted octanol–water partition coefficient (Wildman–Crippen LogP) is 2.68. The molecule has 1 amide bonds. The molecule has 0 spiro atoms. The Morgan fingerprint density at radius 2 is 1.55 bits per heavy atom. The van der Waals surface area contributed by atoms with E-state index in [1.54, 1.807) is 19.2 Å². The van der Waals surface area contributed by atoms with Crippen LogP contribution in [-0.2, 0) is 16.1 Å². The van der Waals surface area contributed by atoms with Gasteiger partial charge in [0, 0.05) is 12.6 Å². The first-order chi connectivity index (χ1) is 10.7. The smallest absolute Gasteiger partial charge is 0.342 e. The van der Waals surface area contributed by atoms with Gasteiger partial charge in [0.1, 0.15) is 0 Å². The minimum Gasteiger partial charge on any atom is -0.355 e. The summed E-state index contributed by atoms with van der Waals surface area (Å²) < 4.78 is 0. The summed E-state index contributed by atoms with van der Waals surface area (Å²) in [5.41, 5.74) is 1.76. The summed E-state index contributed by atoms with van der Waals surface area (Å²) in [7, 11) is 1.62. The lowest BCUT2D eigenvalue weighted by atomic mass is 10.1. The molecule has 2 N–H and O–H groups in total. The Bertz CT molecular complexity index is 570. The summed E-state index contributed by atoms with van der Waals surface area (Å²) in [5.74, 6) is -0.639. The Labute approximate surface area is 129 Å². The van der Waals surface area contributed by atoms with Crippen LogP contribution in [0, 0.1) is 0 Å². The summed E-state index contributed by atoms with van der Waals surface area (Å²) in [6.07, 6.45) is 0.806. The summed E-state index contributed by atoms with van der Waals surface area (Å²) in [6.45, 7) is 0. The molecule has 0 aromatic heterocycles. The summed E-state index contributed by atoms with van der Waals surface area (Å²) in [6, 6.07) is 18.7. The van der Waals surface area contributed by atoms with Gasteiger partial charge < -0.3 is 10.2 Å². The van der Waals surface area contributed by atoms with Gasteiger partial charge in [0.25, 0.3) is 5.91 Å². The maximum absolute atomic E-state index is 10.9. The van der Waals surface area contributed by atoms with Crippen molar-refractivity contribution in [2.45, 2.75) is 12.8 Å². The largest absolute Gasteiger partial charge is 0.355 e. The minimum atomic E-state index is -0.598. The highest BCUT2D eigenvalue weighted by molar-refractivity contribution is 5.93. The molecule has 0 saturated heterocycles. The third kappa shape index (κ3) is 6.67. The predicted molar refractivity (Wildman–Crippen MR) is 83.3 cm³/mol. The highest BCUT2D eigenvalue weighted by Gasteiger charge is 2.01. The molecule has 5 heteroatoms. The minimum absolute atomic E-state index is 0.0411. The van der Waals surface area contributed by atoms with Gasteiger partial charge in [-0.25, -0.2) is 4.79 Å². The van der Waals surface area contributed by atoms with Gasteiger partial charge >= 0.3 is 5.97 Å². The average Bonchev–Trinajstić information content (AvgIpc) is 2.61. The van der Waals surface area contributed by atoms with Gasteiger partial charge in [-0.15, -0.1) is 0 Å². The molecule has 2 aromatic carbocycles. The molecule has 116 valence electrons. The first-order valence-corrected chi connectivity index (χ1v) is 6.82. The van der Waals surface area contributed by atoms with Crippen molar-refractivity contribution in [3.63, 3.8) is 0 Å². The van der Waals surface area contributed by atoms with Crippen LogP contribution >= 0.6 is 0 Å². The van der Waals surface area contributed by atoms with E-state index in [4.69, 9.17) is 5.26 Å². The van der Waals surface area contributed by atoms with Gasteiger partial charge in [-0.3, -0.25) is 4.79 Å². The Morgan fingerprint density at radius 3 is 2.05 bits per heavy atom. The van der Waals surface area contributed by atoms with Gasteiger partial charge in [0.15, 0.2) is 0 Å². The van der Waals surface area contributed by atoms with Crippen LogP contribution in [0.15, 0.2) is 60.7 Å². The van der Waals surface area contributed by atoms with Crippen LogP contribution in [0.4, 0.5) is 0 Å². The van der Waals surface area contributed by atoms with E-state index >= 15 is 0 Å². The van der Waals surface area contributed by atoms with Crippen LogP contribution < -0.4 is 5.32 Å². The molecule has 0 radical (unpaired) electrons. The fourth-order valence-corrected chi connectivity index (χ4v) is 1.67. The first-order valence-electron chi connectivity index (χ1n) is 6.82. The molecule has 0 heterocycles. The molecule has 0 fully saturated rings. The van der Waals surface area contributed by atoms with E-state index in [1.165, 1.54) is 0 Å². The molecule has 22 heavy (non-hydrogen) atoms. The van der Waals surface area contributed by atoms with E-state index in [-0.39, 0.29) is 12.3 Å². The second-order valence-electron chi connectivity index (χ2n) is 4.39. The zero-order chi connectivity index (χ0) is 16.2. The number of carbonyl (C=O) groups excluding carboxylic acids is 2. The molecular weight excluding hydrogens is 282 g/mol. The van der Waals surface area contributed by atoms with Crippen molar-refractivity contribution < 1.29 is 19.7 Å². The fourth-order valence-electron chi connectivity index (χ4n) is 1.67. The zero-order valence-corrected chi connectivity index (χ0v) is 12.4. The number of benzene rings is 2. The second-order valence-corrected chi connectivity index (χ2v) is 4.39. The van der Waals surface area contributed by atoms with Gasteiger partial charge in [0.05, 0.1) is 6.42 Å². The maximum Gasteiger partial charge on any atom is 0.342 e. The molecule has 0 unspecified atom stereocenters. The molecule has 0 aliphatic heterocycles. The van der Waals surface area contributed by atoms with Crippen LogP contribution in [-0.4, -0.2) is 24.2 Å². The number of rotatable bonds is 4. The zero-order valence-electron chi connectivity index (χ0n) is 12.4. The van der Waals surface area contributed by atoms with Crippen LogP contribution in [0.25, 0.3) is 0 Å². The van der Waals surface area contributed by atoms with Crippen molar-refractivity contribution in [1.29, 1.82) is 0 Å². The lowest BCUT2D eigenvalue weighted by Crippen LogP contribution is -2.17. The Morgan fingerprint density at radius 1 is 1.00 bits per heavy atom. The molecule has 5 nitrogen and oxygen atoms in total. The maximum atomic E-state index is 10.9. The number of carbonyl (C=O) groups is 2. The molecule has 0 bridgehead atoms. The highest BCUT2D eigenvalue weighted by Crippen LogP contribution is 2.02. The summed E-state index contributed by atoms with van der Waals surface area (Å²) in [4.78, 5) is 24.9. The van der Waals surface area contributed by atoms with Crippen molar-refractivity contribution in [3.05, 3.63) is 71.8 Å². The van der Waals surface area contributed by atoms with E-state index in [0.29, 0.717) is 12.0 Å². The molecule has 2 aromatic rings. The normalized spacial score (nSPS) is 9.18.